The molecule has 2 heterocycles. The molecule has 0 fully saturated rings. The van der Waals surface area contributed by atoms with E-state index in [1.807, 2.05) is 0 Å². The molecule has 0 saturated carbocycles. The number of aromatic nitrogens is 4. The summed E-state index contributed by atoms with van der Waals surface area (Å²) in [5.41, 5.74) is 0.0530. The van der Waals surface area contributed by atoms with Crippen LogP contribution in [0.3, 0.4) is 0 Å². The van der Waals surface area contributed by atoms with E-state index in [1.54, 1.807) is 13.0 Å². The molecule has 0 aromatic carbocycles. The first-order chi connectivity index (χ1) is 8.35. The number of hydrogen-bond donors (Lipinski definition) is 2. The SMILES string of the molecule is CC(CS(C)(=O)=O)Nc1cc2n[nH]c(=O)n2cn1. The normalized spacial score (nSPS) is 13.7. The summed E-state index contributed by atoms with van der Waals surface area (Å²) in [4.78, 5) is 15.2. The van der Waals surface area contributed by atoms with Crippen LogP contribution in [0, 0.1) is 0 Å². The Morgan fingerprint density at radius 1 is 1.56 bits per heavy atom. The Morgan fingerprint density at radius 3 is 2.94 bits per heavy atom. The number of nitrogens with zero attached hydrogens (tertiary/aromatic N) is 3. The van der Waals surface area contributed by atoms with Crippen molar-refractivity contribution >= 4 is 21.3 Å². The van der Waals surface area contributed by atoms with E-state index in [0.717, 1.165) is 0 Å². The summed E-state index contributed by atoms with van der Waals surface area (Å²) in [7, 11) is -3.05. The minimum Gasteiger partial charge on any atom is -0.366 e. The van der Waals surface area contributed by atoms with Crippen molar-refractivity contribution in [3.05, 3.63) is 22.9 Å². The second-order valence-corrected chi connectivity index (χ2v) is 6.35. The molecule has 98 valence electrons. The van der Waals surface area contributed by atoms with Gasteiger partial charge in [-0.15, -0.1) is 0 Å². The van der Waals surface area contributed by atoms with Gasteiger partial charge in [-0.1, -0.05) is 0 Å². The first-order valence-corrected chi connectivity index (χ1v) is 7.28. The molecule has 0 radical (unpaired) electrons. The van der Waals surface area contributed by atoms with E-state index in [4.69, 9.17) is 0 Å². The van der Waals surface area contributed by atoms with Crippen LogP contribution >= 0.6 is 0 Å². The lowest BCUT2D eigenvalue weighted by molar-refractivity contribution is 0.598. The number of rotatable bonds is 4. The van der Waals surface area contributed by atoms with Gasteiger partial charge in [0.25, 0.3) is 0 Å². The Balaban J connectivity index is 2.19. The zero-order valence-electron chi connectivity index (χ0n) is 9.91. The molecule has 2 aromatic rings. The zero-order chi connectivity index (χ0) is 13.3. The standard InChI is InChI=1S/C9H13N5O3S/c1-6(4-18(2,16)17)11-7-3-8-12-13-9(15)14(8)5-10-7/h3,5-6,11H,4H2,1-2H3,(H,13,15). The van der Waals surface area contributed by atoms with Crippen molar-refractivity contribution in [2.45, 2.75) is 13.0 Å². The quantitative estimate of drug-likeness (QED) is 0.758. The fraction of sp³-hybridized carbons (Fsp3) is 0.444. The van der Waals surface area contributed by atoms with E-state index < -0.39 is 9.84 Å². The zero-order valence-corrected chi connectivity index (χ0v) is 10.7. The largest absolute Gasteiger partial charge is 0.366 e. The van der Waals surface area contributed by atoms with Crippen molar-refractivity contribution in [2.24, 2.45) is 0 Å². The van der Waals surface area contributed by atoms with Gasteiger partial charge in [0.2, 0.25) is 0 Å². The molecule has 1 atom stereocenters. The molecule has 2 N–H and O–H groups in total. The van der Waals surface area contributed by atoms with E-state index in [0.29, 0.717) is 11.5 Å². The first kappa shape index (κ1) is 12.6. The van der Waals surface area contributed by atoms with Crippen LogP contribution in [-0.4, -0.2) is 46.1 Å². The van der Waals surface area contributed by atoms with Crippen LogP contribution in [0.4, 0.5) is 5.82 Å². The second kappa shape index (κ2) is 4.41. The van der Waals surface area contributed by atoms with Gasteiger partial charge in [0.15, 0.2) is 5.65 Å². The molecule has 0 amide bonds. The predicted molar refractivity (Wildman–Crippen MR) is 66.4 cm³/mol. The maximum atomic E-state index is 11.2. The molecule has 0 aliphatic rings. The molecule has 8 nitrogen and oxygen atoms in total. The van der Waals surface area contributed by atoms with E-state index in [9.17, 15) is 13.2 Å². The van der Waals surface area contributed by atoms with Gasteiger partial charge in [0.1, 0.15) is 22.0 Å². The molecule has 0 aliphatic heterocycles. The smallest absolute Gasteiger partial charge is 0.348 e. The number of H-pyrrole nitrogens is 1. The number of fused-ring (bicyclic) bond motifs is 1. The summed E-state index contributed by atoms with van der Waals surface area (Å²) in [6, 6.07) is 1.29. The van der Waals surface area contributed by atoms with Crippen LogP contribution in [0.25, 0.3) is 5.65 Å². The van der Waals surface area contributed by atoms with E-state index in [2.05, 4.69) is 20.5 Å². The van der Waals surface area contributed by atoms with Gasteiger partial charge < -0.3 is 5.32 Å². The topological polar surface area (TPSA) is 109 Å². The van der Waals surface area contributed by atoms with Crippen LogP contribution in [0.15, 0.2) is 17.2 Å². The summed E-state index contributed by atoms with van der Waals surface area (Å²) < 4.78 is 23.5. The average Bonchev–Trinajstić information content (AvgIpc) is 2.57. The first-order valence-electron chi connectivity index (χ1n) is 5.22. The average molecular weight is 271 g/mol. The van der Waals surface area contributed by atoms with Crippen molar-refractivity contribution < 1.29 is 8.42 Å². The van der Waals surface area contributed by atoms with Gasteiger partial charge >= 0.3 is 5.69 Å². The molecule has 0 saturated heterocycles. The van der Waals surface area contributed by atoms with Crippen molar-refractivity contribution in [1.82, 2.24) is 19.6 Å². The Morgan fingerprint density at radius 2 is 2.28 bits per heavy atom. The summed E-state index contributed by atoms with van der Waals surface area (Å²) in [5, 5.41) is 9.02. The maximum absolute atomic E-state index is 11.2. The van der Waals surface area contributed by atoms with Gasteiger partial charge in [-0.05, 0) is 6.92 Å². The van der Waals surface area contributed by atoms with Gasteiger partial charge in [-0.2, -0.15) is 5.10 Å². The van der Waals surface area contributed by atoms with E-state index >= 15 is 0 Å². The Hall–Kier alpha value is -1.90. The lowest BCUT2D eigenvalue weighted by atomic mass is 10.4. The summed E-state index contributed by atoms with van der Waals surface area (Å²) in [6.07, 6.45) is 2.51. The van der Waals surface area contributed by atoms with Crippen LogP contribution in [0.2, 0.25) is 0 Å². The highest BCUT2D eigenvalue weighted by molar-refractivity contribution is 7.90. The molecule has 1 unspecified atom stereocenters. The van der Waals surface area contributed by atoms with E-state index in [1.165, 1.54) is 17.0 Å². The van der Waals surface area contributed by atoms with E-state index in [-0.39, 0.29) is 17.5 Å². The maximum Gasteiger partial charge on any atom is 0.348 e. The van der Waals surface area contributed by atoms with Gasteiger partial charge in [0.05, 0.1) is 5.75 Å². The highest BCUT2D eigenvalue weighted by Crippen LogP contribution is 2.06. The van der Waals surface area contributed by atoms with Crippen LogP contribution in [-0.2, 0) is 9.84 Å². The van der Waals surface area contributed by atoms with Crippen LogP contribution < -0.4 is 11.0 Å². The Bertz CT molecular complexity index is 717. The molecule has 0 spiro atoms. The molecular weight excluding hydrogens is 258 g/mol. The highest BCUT2D eigenvalue weighted by atomic mass is 32.2. The number of hydrogen-bond acceptors (Lipinski definition) is 6. The fourth-order valence-electron chi connectivity index (χ4n) is 1.64. The van der Waals surface area contributed by atoms with Crippen molar-refractivity contribution in [3.63, 3.8) is 0 Å². The summed E-state index contributed by atoms with van der Waals surface area (Å²) >= 11 is 0. The molecule has 0 bridgehead atoms. The number of anilines is 1. The number of aromatic amines is 1. The highest BCUT2D eigenvalue weighted by Gasteiger charge is 2.11. The molecule has 18 heavy (non-hydrogen) atoms. The third-order valence-electron chi connectivity index (χ3n) is 2.26. The summed E-state index contributed by atoms with van der Waals surface area (Å²) in [5.74, 6) is 0.477. The lowest BCUT2D eigenvalue weighted by Gasteiger charge is -2.12. The van der Waals surface area contributed by atoms with Gasteiger partial charge in [-0.25, -0.2) is 27.7 Å². The molecule has 0 aliphatic carbocycles. The van der Waals surface area contributed by atoms with Crippen LogP contribution in [0.1, 0.15) is 6.92 Å². The number of sulfone groups is 1. The third-order valence-corrected chi connectivity index (χ3v) is 3.36. The fourth-order valence-corrected chi connectivity index (χ4v) is 2.63. The van der Waals surface area contributed by atoms with Gasteiger partial charge in [0, 0.05) is 18.4 Å². The second-order valence-electron chi connectivity index (χ2n) is 4.17. The lowest BCUT2D eigenvalue weighted by Crippen LogP contribution is -2.25. The summed E-state index contributed by atoms with van der Waals surface area (Å²) in [6.45, 7) is 1.74. The minimum atomic E-state index is -3.05. The predicted octanol–water partition coefficient (Wildman–Crippen LogP) is -0.737. The Labute approximate surface area is 103 Å². The van der Waals surface area contributed by atoms with Crippen molar-refractivity contribution in [2.75, 3.05) is 17.3 Å². The van der Waals surface area contributed by atoms with Crippen molar-refractivity contribution in [3.8, 4) is 0 Å². The van der Waals surface area contributed by atoms with Crippen molar-refractivity contribution in [1.29, 1.82) is 0 Å². The van der Waals surface area contributed by atoms with Crippen LogP contribution in [0.5, 0.6) is 0 Å². The minimum absolute atomic E-state index is 0.00717. The Kier molecular flexibility index (Phi) is 3.07. The van der Waals surface area contributed by atoms with Gasteiger partial charge in [-0.3, -0.25) is 0 Å². The third kappa shape index (κ3) is 2.86. The molecular formula is C9H13N5O3S. The molecule has 2 aromatic heterocycles. The molecule has 2 rings (SSSR count). The number of nitrogens with one attached hydrogen (secondary N) is 2. The monoisotopic (exact) mass is 271 g/mol. The molecule has 9 heteroatoms.